The van der Waals surface area contributed by atoms with Crippen LogP contribution in [0.5, 0.6) is 0 Å². The van der Waals surface area contributed by atoms with Crippen LogP contribution in [0.25, 0.3) is 0 Å². The molecule has 12 heavy (non-hydrogen) atoms. The Labute approximate surface area is 97.4 Å². The predicted molar refractivity (Wildman–Crippen MR) is 56.7 cm³/mol. The second kappa shape index (κ2) is 4.32. The highest BCUT2D eigenvalue weighted by Gasteiger charge is 2.07. The monoisotopic (exact) mass is 375 g/mol. The molecule has 0 aliphatic carbocycles. The van der Waals surface area contributed by atoms with Gasteiger partial charge in [-0.25, -0.2) is 0 Å². The molecule has 0 saturated carbocycles. The number of benzene rings is 1. The summed E-state index contributed by atoms with van der Waals surface area (Å²) in [5.41, 5.74) is 0. The van der Waals surface area contributed by atoms with Crippen LogP contribution in [0.4, 0.5) is 0 Å². The molecule has 66 valence electrons. The molecule has 1 aromatic carbocycles. The van der Waals surface area contributed by atoms with Gasteiger partial charge in [0.2, 0.25) is 0 Å². The third kappa shape index (κ3) is 2.17. The van der Waals surface area contributed by atoms with Gasteiger partial charge in [0.1, 0.15) is 0 Å². The van der Waals surface area contributed by atoms with E-state index in [0.29, 0.717) is 8.95 Å². The van der Waals surface area contributed by atoms with Gasteiger partial charge in [0.15, 0.2) is 0 Å². The molecule has 0 aromatic heterocycles. The van der Waals surface area contributed by atoms with Gasteiger partial charge in [0, 0.05) is 18.3 Å². The van der Waals surface area contributed by atoms with Crippen molar-refractivity contribution in [3.05, 3.63) is 25.6 Å². The lowest BCUT2D eigenvalue weighted by Crippen LogP contribution is -1.90. The molecule has 0 N–H and O–H groups in total. The molecule has 6 heteroatoms. The Balaban J connectivity index is 3.36. The maximum atomic E-state index is 10.6. The summed E-state index contributed by atoms with van der Waals surface area (Å²) in [5, 5.41) is 0. The third-order valence-corrected chi connectivity index (χ3v) is 5.51. The first kappa shape index (κ1) is 10.8. The lowest BCUT2D eigenvalue weighted by molar-refractivity contribution is 0.536. The minimum atomic E-state index is -2.21. The van der Waals surface area contributed by atoms with Gasteiger partial charge in [-0.05, 0) is 71.0 Å². The van der Waals surface area contributed by atoms with Gasteiger partial charge >= 0.3 is 0 Å². The number of rotatable bonds is 1. The van der Waals surface area contributed by atoms with Crippen molar-refractivity contribution in [1.82, 2.24) is 0 Å². The highest BCUT2D eigenvalue weighted by molar-refractivity contribution is 9.14. The van der Waals surface area contributed by atoms with Crippen LogP contribution in [0.2, 0.25) is 0 Å². The zero-order valence-electron chi connectivity index (χ0n) is 5.51. The van der Waals surface area contributed by atoms with Crippen molar-refractivity contribution < 1.29 is 8.76 Å². The Morgan fingerprint density at radius 3 is 2.25 bits per heavy atom. The van der Waals surface area contributed by atoms with Crippen LogP contribution < -0.4 is 0 Å². The Bertz CT molecular complexity index is 340. The molecule has 0 aliphatic heterocycles. The maximum Gasteiger partial charge on any atom is 0.0478 e. The first-order valence-electron chi connectivity index (χ1n) is 2.77. The predicted octanol–water partition coefficient (Wildman–Crippen LogP) is 3.21. The van der Waals surface area contributed by atoms with Crippen LogP contribution in [0.3, 0.4) is 0 Å². The van der Waals surface area contributed by atoms with Crippen molar-refractivity contribution in [2.45, 2.75) is 4.90 Å². The van der Waals surface area contributed by atoms with Crippen LogP contribution in [0.1, 0.15) is 0 Å². The smallest absolute Gasteiger partial charge is 0.0478 e. The molecule has 0 saturated heterocycles. The molecule has 0 aliphatic rings. The Morgan fingerprint density at radius 2 is 1.75 bits per heavy atom. The van der Waals surface area contributed by atoms with Gasteiger partial charge in [0.25, 0.3) is 0 Å². The van der Waals surface area contributed by atoms with Gasteiger partial charge in [-0.3, -0.25) is 4.21 Å². The Hall–Kier alpha value is 0.770. The fourth-order valence-corrected chi connectivity index (χ4v) is 2.88. The highest BCUT2D eigenvalue weighted by Crippen LogP contribution is 2.34. The van der Waals surface area contributed by atoms with E-state index in [1.807, 2.05) is 0 Å². The zero-order valence-corrected chi connectivity index (χ0v) is 11.1. The number of hydrogen-bond donors (Lipinski definition) is 0. The highest BCUT2D eigenvalue weighted by atomic mass is 79.9. The van der Waals surface area contributed by atoms with Crippen molar-refractivity contribution in [3.8, 4) is 0 Å². The molecule has 2 nitrogen and oxygen atoms in total. The summed E-state index contributed by atoms with van der Waals surface area (Å²) < 4.78 is 23.3. The fourth-order valence-electron chi connectivity index (χ4n) is 0.637. The molecule has 1 aromatic rings. The minimum absolute atomic E-state index is 0.241. The summed E-state index contributed by atoms with van der Waals surface area (Å²) in [6.45, 7) is 0. The van der Waals surface area contributed by atoms with E-state index in [1.54, 1.807) is 6.07 Å². The van der Waals surface area contributed by atoms with Gasteiger partial charge < -0.3 is 4.55 Å². The van der Waals surface area contributed by atoms with Crippen molar-refractivity contribution in [2.75, 3.05) is 0 Å². The van der Waals surface area contributed by atoms with Crippen LogP contribution in [0, 0.1) is 0 Å². The number of halogens is 3. The average Bonchev–Trinajstić information content (AvgIpc) is 2.00. The maximum absolute atomic E-state index is 10.6. The average molecular weight is 378 g/mol. The summed E-state index contributed by atoms with van der Waals surface area (Å²) in [6.07, 6.45) is 0. The summed E-state index contributed by atoms with van der Waals surface area (Å²) in [7, 11) is 0. The molecule has 1 unspecified atom stereocenters. The normalized spacial score (nSPS) is 13.0. The SMILES string of the molecule is O=S([O-])c1ccc(Br)c(Br)c1Br. The molecule has 0 amide bonds. The van der Waals surface area contributed by atoms with E-state index in [0.717, 1.165) is 4.47 Å². The summed E-state index contributed by atoms with van der Waals surface area (Å²) in [6, 6.07) is 3.18. The second-order valence-electron chi connectivity index (χ2n) is 1.91. The van der Waals surface area contributed by atoms with Crippen LogP contribution in [-0.4, -0.2) is 8.76 Å². The Kier molecular flexibility index (Phi) is 3.91. The standard InChI is InChI=1S/C6H3Br3O2S/c7-3-1-2-4(12(10)11)6(9)5(3)8/h1-2H,(H,10,11)/p-1. The van der Waals surface area contributed by atoms with Crippen molar-refractivity contribution in [2.24, 2.45) is 0 Å². The summed E-state index contributed by atoms with van der Waals surface area (Å²) >= 11 is 7.44. The van der Waals surface area contributed by atoms with Gasteiger partial charge in [-0.1, -0.05) is 0 Å². The molecule has 1 atom stereocenters. The molecular formula is C6H2Br3O2S-. The fraction of sp³-hybridized carbons (Fsp3) is 0. The lowest BCUT2D eigenvalue weighted by Gasteiger charge is -2.09. The lowest BCUT2D eigenvalue weighted by atomic mass is 10.4. The number of hydrogen-bond acceptors (Lipinski definition) is 2. The van der Waals surface area contributed by atoms with Crippen LogP contribution in [-0.2, 0) is 11.1 Å². The summed E-state index contributed by atoms with van der Waals surface area (Å²) in [4.78, 5) is 0.241. The minimum Gasteiger partial charge on any atom is -0.768 e. The molecule has 0 spiro atoms. The van der Waals surface area contributed by atoms with Gasteiger partial charge in [-0.15, -0.1) is 0 Å². The van der Waals surface area contributed by atoms with E-state index < -0.39 is 11.1 Å². The largest absolute Gasteiger partial charge is 0.768 e. The van der Waals surface area contributed by atoms with E-state index in [2.05, 4.69) is 47.8 Å². The Morgan fingerprint density at radius 1 is 1.17 bits per heavy atom. The molecular weight excluding hydrogens is 376 g/mol. The van der Waals surface area contributed by atoms with Crippen molar-refractivity contribution in [3.63, 3.8) is 0 Å². The topological polar surface area (TPSA) is 40.1 Å². The molecule has 0 bridgehead atoms. The third-order valence-electron chi connectivity index (χ3n) is 1.18. The van der Waals surface area contributed by atoms with Crippen LogP contribution in [0.15, 0.2) is 30.4 Å². The van der Waals surface area contributed by atoms with E-state index in [-0.39, 0.29) is 4.90 Å². The zero-order chi connectivity index (χ0) is 9.30. The van der Waals surface area contributed by atoms with E-state index in [4.69, 9.17) is 0 Å². The van der Waals surface area contributed by atoms with Crippen molar-refractivity contribution in [1.29, 1.82) is 0 Å². The van der Waals surface area contributed by atoms with E-state index >= 15 is 0 Å². The second-order valence-corrected chi connectivity index (χ2v) is 5.26. The first-order valence-corrected chi connectivity index (χ1v) is 6.22. The van der Waals surface area contributed by atoms with Gasteiger partial charge in [-0.2, -0.15) is 0 Å². The van der Waals surface area contributed by atoms with Gasteiger partial charge in [0.05, 0.1) is 0 Å². The molecule has 0 radical (unpaired) electrons. The summed E-state index contributed by atoms with van der Waals surface area (Å²) in [5.74, 6) is 0. The molecule has 1 rings (SSSR count). The first-order chi connectivity index (χ1) is 5.54. The molecule has 0 heterocycles. The quantitative estimate of drug-likeness (QED) is 0.557. The molecule has 0 fully saturated rings. The van der Waals surface area contributed by atoms with E-state index in [1.165, 1.54) is 6.07 Å². The van der Waals surface area contributed by atoms with E-state index in [9.17, 15) is 8.76 Å². The van der Waals surface area contributed by atoms with Crippen LogP contribution >= 0.6 is 47.8 Å². The van der Waals surface area contributed by atoms with Crippen molar-refractivity contribution >= 4 is 58.9 Å².